The Morgan fingerprint density at radius 2 is 1.83 bits per heavy atom. The molecule has 0 saturated carbocycles. The van der Waals surface area contributed by atoms with Crippen LogP contribution in [0.3, 0.4) is 0 Å². The molecule has 0 saturated heterocycles. The number of hydrogen-bond acceptors (Lipinski definition) is 3. The van der Waals surface area contributed by atoms with Crippen LogP contribution in [0.2, 0.25) is 0 Å². The standard InChI is InChI=1S/C27H38N2O/c1-6-14-28(5)15-8-7-9-22-10-11-24-18-29(19-25(24)16-22)21(4)26-17-23(20(2)3)12-13-27(26)30/h10-13,16-17,20,30H,4,6-9,14-15,18-19H2,1-3,5H3. The van der Waals surface area contributed by atoms with E-state index in [2.05, 4.69) is 68.5 Å². The van der Waals surface area contributed by atoms with Gasteiger partial charge < -0.3 is 14.9 Å². The third-order valence-electron chi connectivity index (χ3n) is 6.23. The topological polar surface area (TPSA) is 26.7 Å². The smallest absolute Gasteiger partial charge is 0.124 e. The fourth-order valence-corrected chi connectivity index (χ4v) is 4.31. The predicted octanol–water partition coefficient (Wildman–Crippen LogP) is 6.17. The lowest BCUT2D eigenvalue weighted by Gasteiger charge is -2.22. The molecule has 0 aliphatic carbocycles. The van der Waals surface area contributed by atoms with Gasteiger partial charge in [0.15, 0.2) is 0 Å². The molecule has 3 nitrogen and oxygen atoms in total. The molecule has 3 heteroatoms. The summed E-state index contributed by atoms with van der Waals surface area (Å²) < 4.78 is 0. The maximum absolute atomic E-state index is 10.4. The zero-order chi connectivity index (χ0) is 21.7. The Hall–Kier alpha value is -2.26. The molecule has 0 bridgehead atoms. The van der Waals surface area contributed by atoms with E-state index in [1.807, 2.05) is 6.07 Å². The lowest BCUT2D eigenvalue weighted by molar-refractivity contribution is 0.326. The van der Waals surface area contributed by atoms with E-state index in [0.717, 1.165) is 30.8 Å². The number of nitrogens with zero attached hydrogens (tertiary/aromatic N) is 2. The summed E-state index contributed by atoms with van der Waals surface area (Å²) in [5.41, 5.74) is 7.20. The zero-order valence-corrected chi connectivity index (χ0v) is 19.2. The molecule has 0 fully saturated rings. The molecule has 0 amide bonds. The summed E-state index contributed by atoms with van der Waals surface area (Å²) >= 11 is 0. The van der Waals surface area contributed by atoms with Crippen LogP contribution in [-0.4, -0.2) is 35.0 Å². The van der Waals surface area contributed by atoms with Crippen LogP contribution in [-0.2, 0) is 19.5 Å². The summed E-state index contributed by atoms with van der Waals surface area (Å²) in [6.07, 6.45) is 4.86. The van der Waals surface area contributed by atoms with Crippen LogP contribution < -0.4 is 0 Å². The van der Waals surface area contributed by atoms with Crippen molar-refractivity contribution in [1.82, 2.24) is 9.80 Å². The maximum atomic E-state index is 10.4. The largest absolute Gasteiger partial charge is 0.507 e. The van der Waals surface area contributed by atoms with Crippen LogP contribution in [0.25, 0.3) is 5.70 Å². The number of unbranched alkanes of at least 4 members (excludes halogenated alkanes) is 1. The first-order chi connectivity index (χ1) is 14.4. The Morgan fingerprint density at radius 1 is 1.07 bits per heavy atom. The number of hydrogen-bond donors (Lipinski definition) is 1. The normalized spacial score (nSPS) is 13.3. The van der Waals surface area contributed by atoms with Crippen LogP contribution in [0.15, 0.2) is 43.0 Å². The van der Waals surface area contributed by atoms with Crippen LogP contribution in [0.4, 0.5) is 0 Å². The van der Waals surface area contributed by atoms with Crippen LogP contribution >= 0.6 is 0 Å². The first kappa shape index (κ1) is 22.4. The molecule has 2 aromatic rings. The van der Waals surface area contributed by atoms with E-state index in [-0.39, 0.29) is 0 Å². The molecule has 0 atom stereocenters. The van der Waals surface area contributed by atoms with Crippen molar-refractivity contribution in [2.24, 2.45) is 0 Å². The molecule has 0 aromatic heterocycles. The van der Waals surface area contributed by atoms with Crippen molar-refractivity contribution in [3.63, 3.8) is 0 Å². The van der Waals surface area contributed by atoms with Crippen LogP contribution in [0.5, 0.6) is 5.75 Å². The number of aryl methyl sites for hydroxylation is 1. The molecular formula is C27H38N2O. The highest BCUT2D eigenvalue weighted by Gasteiger charge is 2.22. The minimum absolute atomic E-state index is 0.314. The lowest BCUT2D eigenvalue weighted by atomic mass is 9.99. The summed E-state index contributed by atoms with van der Waals surface area (Å²) in [6.45, 7) is 15.0. The van der Waals surface area contributed by atoms with Gasteiger partial charge in [-0.15, -0.1) is 0 Å². The van der Waals surface area contributed by atoms with Crippen molar-refractivity contribution >= 4 is 5.70 Å². The number of rotatable bonds is 10. The third kappa shape index (κ3) is 5.46. The SMILES string of the molecule is C=C(c1cc(C(C)C)ccc1O)N1Cc2ccc(CCCCN(C)CCC)cc2C1. The molecule has 162 valence electrons. The minimum Gasteiger partial charge on any atom is -0.507 e. The van der Waals surface area contributed by atoms with Gasteiger partial charge in [0.05, 0.1) is 0 Å². The van der Waals surface area contributed by atoms with Gasteiger partial charge in [-0.1, -0.05) is 51.6 Å². The van der Waals surface area contributed by atoms with E-state index in [1.54, 1.807) is 6.07 Å². The van der Waals surface area contributed by atoms with Crippen molar-refractivity contribution in [3.8, 4) is 5.75 Å². The van der Waals surface area contributed by atoms with Crippen molar-refractivity contribution in [3.05, 3.63) is 70.8 Å². The van der Waals surface area contributed by atoms with Gasteiger partial charge in [-0.05, 0) is 86.1 Å². The van der Waals surface area contributed by atoms with Crippen molar-refractivity contribution in [2.75, 3.05) is 20.1 Å². The highest BCUT2D eigenvalue weighted by molar-refractivity contribution is 5.69. The van der Waals surface area contributed by atoms with E-state index in [9.17, 15) is 5.11 Å². The summed E-state index contributed by atoms with van der Waals surface area (Å²) in [5, 5.41) is 10.4. The first-order valence-electron chi connectivity index (χ1n) is 11.5. The average molecular weight is 407 g/mol. The fraction of sp³-hybridized carbons (Fsp3) is 0.481. The van der Waals surface area contributed by atoms with E-state index >= 15 is 0 Å². The molecule has 1 aliphatic heterocycles. The van der Waals surface area contributed by atoms with Crippen molar-refractivity contribution < 1.29 is 5.11 Å². The van der Waals surface area contributed by atoms with Crippen LogP contribution in [0.1, 0.15) is 73.8 Å². The maximum Gasteiger partial charge on any atom is 0.124 e. The van der Waals surface area contributed by atoms with Gasteiger partial charge in [0.2, 0.25) is 0 Å². The minimum atomic E-state index is 0.314. The first-order valence-corrected chi connectivity index (χ1v) is 11.5. The van der Waals surface area contributed by atoms with Gasteiger partial charge in [0, 0.05) is 24.4 Å². The Labute approximate surface area is 183 Å². The molecular weight excluding hydrogens is 368 g/mol. The number of benzene rings is 2. The van der Waals surface area contributed by atoms with E-state index in [4.69, 9.17) is 0 Å². The molecule has 30 heavy (non-hydrogen) atoms. The average Bonchev–Trinajstić information content (AvgIpc) is 3.14. The van der Waals surface area contributed by atoms with Gasteiger partial charge in [-0.3, -0.25) is 0 Å². The van der Waals surface area contributed by atoms with Gasteiger partial charge in [-0.2, -0.15) is 0 Å². The summed E-state index contributed by atoms with van der Waals surface area (Å²) in [4.78, 5) is 4.71. The summed E-state index contributed by atoms with van der Waals surface area (Å²) in [5.74, 6) is 0.742. The zero-order valence-electron chi connectivity index (χ0n) is 19.2. The van der Waals surface area contributed by atoms with E-state index in [1.165, 1.54) is 54.6 Å². The molecule has 3 rings (SSSR count). The van der Waals surface area contributed by atoms with Gasteiger partial charge in [0.1, 0.15) is 5.75 Å². The van der Waals surface area contributed by atoms with E-state index < -0.39 is 0 Å². The highest BCUT2D eigenvalue weighted by Crippen LogP contribution is 2.35. The van der Waals surface area contributed by atoms with Crippen LogP contribution in [0, 0.1) is 0 Å². The summed E-state index contributed by atoms with van der Waals surface area (Å²) in [6, 6.07) is 12.8. The fourth-order valence-electron chi connectivity index (χ4n) is 4.31. The quantitative estimate of drug-likeness (QED) is 0.478. The second-order valence-electron chi connectivity index (χ2n) is 9.10. The molecule has 1 N–H and O–H groups in total. The van der Waals surface area contributed by atoms with Gasteiger partial charge in [0.25, 0.3) is 0 Å². The number of fused-ring (bicyclic) bond motifs is 1. The second kappa shape index (κ2) is 10.2. The van der Waals surface area contributed by atoms with Crippen molar-refractivity contribution in [1.29, 1.82) is 0 Å². The van der Waals surface area contributed by atoms with Gasteiger partial charge in [-0.25, -0.2) is 0 Å². The number of phenols is 1. The molecule has 1 aliphatic rings. The van der Waals surface area contributed by atoms with Crippen molar-refractivity contribution in [2.45, 2.75) is 65.5 Å². The van der Waals surface area contributed by atoms with E-state index in [0.29, 0.717) is 11.7 Å². The second-order valence-corrected chi connectivity index (χ2v) is 9.10. The molecule has 2 aromatic carbocycles. The molecule has 0 spiro atoms. The third-order valence-corrected chi connectivity index (χ3v) is 6.23. The Balaban J connectivity index is 1.60. The number of aromatic hydroxyl groups is 1. The Morgan fingerprint density at radius 3 is 2.57 bits per heavy atom. The lowest BCUT2D eigenvalue weighted by Crippen LogP contribution is -2.20. The number of phenolic OH excluding ortho intramolecular Hbond substituents is 1. The van der Waals surface area contributed by atoms with Gasteiger partial charge >= 0.3 is 0 Å². The Bertz CT molecular complexity index is 871. The summed E-state index contributed by atoms with van der Waals surface area (Å²) in [7, 11) is 2.22. The molecule has 0 radical (unpaired) electrons. The highest BCUT2D eigenvalue weighted by atomic mass is 16.3. The molecule has 0 unspecified atom stereocenters. The molecule has 1 heterocycles. The Kier molecular flexibility index (Phi) is 7.60. The monoisotopic (exact) mass is 406 g/mol. The predicted molar refractivity (Wildman–Crippen MR) is 128 cm³/mol.